The standard InChI is InChI=1S/C25H27ClN4S/c1-16-14-21(17(2)29(16)20-11-7-8-18(26)15-20)24-23(22-12-5-6-13-27-22)28-25(31)30(24)19-9-3-4-10-19/h5-8,11-15,19,23-24H,3-4,9-10H2,1-2H3,(H,28,31). The van der Waals surface area contributed by atoms with Gasteiger partial charge in [0.15, 0.2) is 5.11 Å². The number of aryl methyl sites for hydroxylation is 1. The zero-order valence-corrected chi connectivity index (χ0v) is 19.5. The second-order valence-electron chi connectivity index (χ2n) is 8.61. The van der Waals surface area contributed by atoms with Crippen molar-refractivity contribution in [2.45, 2.75) is 57.7 Å². The van der Waals surface area contributed by atoms with E-state index in [1.54, 1.807) is 0 Å². The maximum atomic E-state index is 6.31. The van der Waals surface area contributed by atoms with Crippen LogP contribution in [0.15, 0.2) is 54.7 Å². The van der Waals surface area contributed by atoms with Crippen LogP contribution in [0.3, 0.4) is 0 Å². The highest BCUT2D eigenvalue weighted by atomic mass is 35.5. The second-order valence-corrected chi connectivity index (χ2v) is 9.44. The zero-order valence-electron chi connectivity index (χ0n) is 17.9. The number of nitrogens with one attached hydrogen (secondary N) is 1. The summed E-state index contributed by atoms with van der Waals surface area (Å²) in [5.41, 5.74) is 5.83. The molecule has 2 aromatic heterocycles. The fourth-order valence-electron chi connectivity index (χ4n) is 5.37. The van der Waals surface area contributed by atoms with Gasteiger partial charge >= 0.3 is 0 Å². The first-order valence-electron chi connectivity index (χ1n) is 11.0. The first-order chi connectivity index (χ1) is 15.0. The molecule has 0 bridgehead atoms. The number of hydrogen-bond donors (Lipinski definition) is 1. The van der Waals surface area contributed by atoms with Crippen molar-refractivity contribution < 1.29 is 0 Å². The van der Waals surface area contributed by atoms with Gasteiger partial charge in [0.25, 0.3) is 0 Å². The maximum absolute atomic E-state index is 6.31. The largest absolute Gasteiger partial charge is 0.352 e. The normalized spacial score (nSPS) is 21.6. The fraction of sp³-hybridized carbons (Fsp3) is 0.360. The highest BCUT2D eigenvalue weighted by Gasteiger charge is 2.44. The Kier molecular flexibility index (Phi) is 5.49. The summed E-state index contributed by atoms with van der Waals surface area (Å²) in [7, 11) is 0. The zero-order chi connectivity index (χ0) is 21.5. The number of halogens is 1. The molecule has 2 unspecified atom stereocenters. The van der Waals surface area contributed by atoms with Crippen LogP contribution < -0.4 is 5.32 Å². The molecule has 1 aliphatic carbocycles. The maximum Gasteiger partial charge on any atom is 0.170 e. The Morgan fingerprint density at radius 2 is 1.87 bits per heavy atom. The van der Waals surface area contributed by atoms with Crippen molar-refractivity contribution in [3.63, 3.8) is 0 Å². The SMILES string of the molecule is Cc1cc(C2C(c3ccccn3)NC(=S)N2C2CCCC2)c(C)n1-c1cccc(Cl)c1. The molecule has 3 aromatic rings. The van der Waals surface area contributed by atoms with Crippen LogP contribution >= 0.6 is 23.8 Å². The molecule has 2 atom stereocenters. The van der Waals surface area contributed by atoms with Gasteiger partial charge in [-0.15, -0.1) is 0 Å². The molecule has 4 nitrogen and oxygen atoms in total. The Hall–Kier alpha value is -2.37. The van der Waals surface area contributed by atoms with E-state index in [4.69, 9.17) is 23.8 Å². The molecule has 160 valence electrons. The van der Waals surface area contributed by atoms with Crippen LogP contribution in [0.1, 0.15) is 60.4 Å². The Labute approximate surface area is 194 Å². The van der Waals surface area contributed by atoms with Crippen LogP contribution in [0.4, 0.5) is 0 Å². The lowest BCUT2D eigenvalue weighted by Crippen LogP contribution is -2.37. The van der Waals surface area contributed by atoms with Crippen LogP contribution in [0.2, 0.25) is 5.02 Å². The molecule has 1 aliphatic heterocycles. The molecule has 2 fully saturated rings. The van der Waals surface area contributed by atoms with Gasteiger partial charge in [0.2, 0.25) is 0 Å². The van der Waals surface area contributed by atoms with E-state index in [9.17, 15) is 0 Å². The summed E-state index contributed by atoms with van der Waals surface area (Å²) in [6, 6.07) is 17.1. The smallest absolute Gasteiger partial charge is 0.170 e. The van der Waals surface area contributed by atoms with E-state index in [0.29, 0.717) is 6.04 Å². The summed E-state index contributed by atoms with van der Waals surface area (Å²) >= 11 is 12.2. The number of thiocarbonyl (C=S) groups is 1. The Bertz CT molecular complexity index is 1100. The minimum atomic E-state index is 0.0302. The predicted octanol–water partition coefficient (Wildman–Crippen LogP) is 6.06. The van der Waals surface area contributed by atoms with Gasteiger partial charge in [0.1, 0.15) is 0 Å². The topological polar surface area (TPSA) is 33.1 Å². The first-order valence-corrected chi connectivity index (χ1v) is 11.8. The van der Waals surface area contributed by atoms with Gasteiger partial charge in [-0.3, -0.25) is 4.98 Å². The molecule has 1 aromatic carbocycles. The van der Waals surface area contributed by atoms with Gasteiger partial charge < -0.3 is 14.8 Å². The third-order valence-electron chi connectivity index (χ3n) is 6.71. The molecule has 1 saturated carbocycles. The van der Waals surface area contributed by atoms with E-state index < -0.39 is 0 Å². The van der Waals surface area contributed by atoms with Crippen molar-refractivity contribution in [3.8, 4) is 5.69 Å². The molecule has 2 aliphatic rings. The first kappa shape index (κ1) is 20.5. The molecule has 1 saturated heterocycles. The quantitative estimate of drug-likeness (QED) is 0.490. The van der Waals surface area contributed by atoms with E-state index in [-0.39, 0.29) is 12.1 Å². The van der Waals surface area contributed by atoms with Gasteiger partial charge in [-0.25, -0.2) is 0 Å². The highest BCUT2D eigenvalue weighted by molar-refractivity contribution is 7.80. The van der Waals surface area contributed by atoms with Crippen molar-refractivity contribution in [1.82, 2.24) is 19.8 Å². The summed E-state index contributed by atoms with van der Waals surface area (Å²) in [6.45, 7) is 4.36. The van der Waals surface area contributed by atoms with Crippen molar-refractivity contribution in [1.29, 1.82) is 0 Å². The van der Waals surface area contributed by atoms with E-state index in [1.165, 1.54) is 42.6 Å². The van der Waals surface area contributed by atoms with E-state index in [2.05, 4.69) is 57.9 Å². The van der Waals surface area contributed by atoms with Crippen LogP contribution in [0.25, 0.3) is 5.69 Å². The van der Waals surface area contributed by atoms with E-state index in [0.717, 1.165) is 21.5 Å². The van der Waals surface area contributed by atoms with Crippen molar-refractivity contribution in [2.24, 2.45) is 0 Å². The van der Waals surface area contributed by atoms with E-state index in [1.807, 2.05) is 30.5 Å². The number of hydrogen-bond acceptors (Lipinski definition) is 2. The minimum absolute atomic E-state index is 0.0302. The molecule has 1 N–H and O–H groups in total. The molecular weight excluding hydrogens is 424 g/mol. The van der Waals surface area contributed by atoms with Gasteiger partial charge in [-0.2, -0.15) is 0 Å². The minimum Gasteiger partial charge on any atom is -0.352 e. The van der Waals surface area contributed by atoms with Crippen LogP contribution in [0, 0.1) is 13.8 Å². The van der Waals surface area contributed by atoms with Crippen molar-refractivity contribution in [3.05, 3.63) is 82.4 Å². The summed E-state index contributed by atoms with van der Waals surface area (Å²) in [6.07, 6.45) is 6.80. The third kappa shape index (κ3) is 3.64. The van der Waals surface area contributed by atoms with Gasteiger partial charge in [-0.1, -0.05) is 36.6 Å². The Morgan fingerprint density at radius 3 is 2.58 bits per heavy atom. The van der Waals surface area contributed by atoms with Crippen molar-refractivity contribution in [2.75, 3.05) is 0 Å². The summed E-state index contributed by atoms with van der Waals surface area (Å²) in [5.74, 6) is 0. The number of rotatable bonds is 4. The average molecular weight is 451 g/mol. The Morgan fingerprint density at radius 1 is 1.06 bits per heavy atom. The molecule has 0 spiro atoms. The number of benzene rings is 1. The van der Waals surface area contributed by atoms with Crippen LogP contribution in [-0.4, -0.2) is 25.6 Å². The summed E-state index contributed by atoms with van der Waals surface area (Å²) < 4.78 is 2.30. The highest BCUT2D eigenvalue weighted by Crippen LogP contribution is 2.44. The number of aromatic nitrogens is 2. The van der Waals surface area contributed by atoms with Gasteiger partial charge in [0, 0.05) is 34.3 Å². The fourth-order valence-corrected chi connectivity index (χ4v) is 5.95. The summed E-state index contributed by atoms with van der Waals surface area (Å²) in [4.78, 5) is 7.15. The number of pyridine rings is 1. The lowest BCUT2D eigenvalue weighted by Gasteiger charge is -2.33. The molecule has 6 heteroatoms. The van der Waals surface area contributed by atoms with Crippen molar-refractivity contribution >= 4 is 28.9 Å². The third-order valence-corrected chi connectivity index (χ3v) is 7.27. The molecule has 0 radical (unpaired) electrons. The molecule has 0 amide bonds. The Balaban J connectivity index is 1.64. The lowest BCUT2D eigenvalue weighted by molar-refractivity contribution is 0.245. The molecular formula is C25H27ClN4S. The monoisotopic (exact) mass is 450 g/mol. The number of nitrogens with zero attached hydrogens (tertiary/aromatic N) is 3. The van der Waals surface area contributed by atoms with Gasteiger partial charge in [-0.05, 0) is 80.9 Å². The predicted molar refractivity (Wildman–Crippen MR) is 130 cm³/mol. The molecule has 31 heavy (non-hydrogen) atoms. The second kappa shape index (κ2) is 8.29. The molecule has 5 rings (SSSR count). The van der Waals surface area contributed by atoms with Crippen LogP contribution in [-0.2, 0) is 0 Å². The average Bonchev–Trinajstić information content (AvgIpc) is 3.46. The lowest BCUT2D eigenvalue weighted by atomic mass is 9.95. The van der Waals surface area contributed by atoms with Crippen LogP contribution in [0.5, 0.6) is 0 Å². The van der Waals surface area contributed by atoms with Gasteiger partial charge in [0.05, 0.1) is 17.8 Å². The molecule has 3 heterocycles. The summed E-state index contributed by atoms with van der Waals surface area (Å²) in [5, 5.41) is 5.21. The van der Waals surface area contributed by atoms with E-state index >= 15 is 0 Å².